The van der Waals surface area contributed by atoms with Crippen molar-refractivity contribution < 1.29 is 43.5 Å². The maximum absolute atomic E-state index is 14.4. The Morgan fingerprint density at radius 3 is 2.04 bits per heavy atom. The van der Waals surface area contributed by atoms with Crippen molar-refractivity contribution in [1.29, 1.82) is 0 Å². The lowest BCUT2D eigenvalue weighted by atomic mass is 10.0. The number of nitrogens with two attached hydrogens (primary N) is 1. The first-order valence-electron chi connectivity index (χ1n) is 19.8. The van der Waals surface area contributed by atoms with Gasteiger partial charge in [0.2, 0.25) is 41.4 Å². The molecule has 308 valence electrons. The Bertz CT molecular complexity index is 1610. The van der Waals surface area contributed by atoms with Crippen LogP contribution in [0.3, 0.4) is 0 Å². The number of likely N-dealkylation sites (tertiary alicyclic amines) is 3. The van der Waals surface area contributed by atoms with E-state index in [9.17, 15) is 43.5 Å². The zero-order valence-corrected chi connectivity index (χ0v) is 32.2. The molecule has 7 amide bonds. The van der Waals surface area contributed by atoms with Crippen molar-refractivity contribution >= 4 is 47.3 Å². The van der Waals surface area contributed by atoms with Crippen LogP contribution in [0, 0.1) is 5.92 Å². The first-order chi connectivity index (χ1) is 26.7. The van der Waals surface area contributed by atoms with E-state index in [-0.39, 0.29) is 63.6 Å². The molecule has 4 saturated heterocycles. The van der Waals surface area contributed by atoms with Gasteiger partial charge in [0.25, 0.3) is 0 Å². The summed E-state index contributed by atoms with van der Waals surface area (Å²) < 4.78 is 0. The van der Waals surface area contributed by atoms with Crippen molar-refractivity contribution in [2.24, 2.45) is 11.7 Å². The summed E-state index contributed by atoms with van der Waals surface area (Å²) >= 11 is 0. The van der Waals surface area contributed by atoms with Gasteiger partial charge in [-0.2, -0.15) is 0 Å². The highest BCUT2D eigenvalue weighted by Crippen LogP contribution is 2.27. The number of imidazole rings is 1. The minimum Gasteiger partial charge on any atom is -0.480 e. The molecule has 0 saturated carbocycles. The van der Waals surface area contributed by atoms with Crippen LogP contribution in [-0.4, -0.2) is 146 Å². The minimum absolute atomic E-state index is 0.0454. The van der Waals surface area contributed by atoms with Crippen molar-refractivity contribution in [3.05, 3.63) is 18.2 Å². The standard InChI is InChI=1S/C37H56N10O9/c1-21(2)17-25(43-31(49)23-7-3-13-40-23)32(50)44-26(18-22-19-39-20-41-22)35(53)46-15-5-9-28(46)36(54)45-14-4-8-27(45)33(51)42-24(11-12-30(38)48)34(52)47-16-6-10-29(47)37(55)56/h19-21,23-29,40H,3-18H2,1-2H3,(H2,38,48)(H,39,41)(H,42,51)(H,43,49)(H,44,50)(H,55,56)/t23-,24-,25-,26-,27-,28-,29-/m0/s1. The lowest BCUT2D eigenvalue weighted by Crippen LogP contribution is -2.59. The van der Waals surface area contributed by atoms with E-state index in [0.717, 1.165) is 6.42 Å². The Morgan fingerprint density at radius 1 is 0.804 bits per heavy atom. The second-order valence-electron chi connectivity index (χ2n) is 15.7. The second kappa shape index (κ2) is 19.2. The molecule has 1 aromatic rings. The van der Waals surface area contributed by atoms with Gasteiger partial charge >= 0.3 is 5.97 Å². The number of nitrogens with one attached hydrogen (secondary N) is 5. The summed E-state index contributed by atoms with van der Waals surface area (Å²) in [5.41, 5.74) is 5.93. The first-order valence-corrected chi connectivity index (χ1v) is 19.8. The molecule has 1 aromatic heterocycles. The molecule has 7 atom stereocenters. The normalized spacial score (nSPS) is 23.8. The summed E-state index contributed by atoms with van der Waals surface area (Å²) in [6.45, 7) is 5.22. The van der Waals surface area contributed by atoms with E-state index in [1.165, 1.54) is 21.0 Å². The Morgan fingerprint density at radius 2 is 1.43 bits per heavy atom. The van der Waals surface area contributed by atoms with Crippen molar-refractivity contribution in [2.75, 3.05) is 26.2 Å². The number of hydrogen-bond acceptors (Lipinski definition) is 10. The fourth-order valence-electron chi connectivity index (χ4n) is 8.25. The van der Waals surface area contributed by atoms with Crippen LogP contribution < -0.4 is 27.0 Å². The van der Waals surface area contributed by atoms with E-state index in [2.05, 4.69) is 31.2 Å². The summed E-state index contributed by atoms with van der Waals surface area (Å²) in [6.07, 6.45) is 6.85. The third-order valence-corrected chi connectivity index (χ3v) is 11.1. The monoisotopic (exact) mass is 784 g/mol. The van der Waals surface area contributed by atoms with Gasteiger partial charge < -0.3 is 51.8 Å². The second-order valence-corrected chi connectivity index (χ2v) is 15.7. The molecule has 19 nitrogen and oxygen atoms in total. The lowest BCUT2D eigenvalue weighted by Gasteiger charge is -2.34. The molecular formula is C37H56N10O9. The summed E-state index contributed by atoms with van der Waals surface area (Å²) in [4.78, 5) is 117. The Kier molecular flexibility index (Phi) is 14.4. The third-order valence-electron chi connectivity index (χ3n) is 11.1. The van der Waals surface area contributed by atoms with Crippen LogP contribution in [0.2, 0.25) is 0 Å². The topological polar surface area (TPSA) is 269 Å². The summed E-state index contributed by atoms with van der Waals surface area (Å²) in [7, 11) is 0. The maximum atomic E-state index is 14.4. The molecular weight excluding hydrogens is 728 g/mol. The van der Waals surface area contributed by atoms with Gasteiger partial charge in [0.1, 0.15) is 36.3 Å². The van der Waals surface area contributed by atoms with Crippen LogP contribution in [0.1, 0.15) is 90.2 Å². The van der Waals surface area contributed by atoms with E-state index in [4.69, 9.17) is 5.73 Å². The largest absolute Gasteiger partial charge is 0.480 e. The highest BCUT2D eigenvalue weighted by atomic mass is 16.4. The quantitative estimate of drug-likeness (QED) is 0.0958. The average molecular weight is 785 g/mol. The zero-order valence-electron chi connectivity index (χ0n) is 32.2. The molecule has 0 spiro atoms. The van der Waals surface area contributed by atoms with E-state index < -0.39 is 83.7 Å². The zero-order chi connectivity index (χ0) is 40.5. The number of rotatable bonds is 17. The number of carbonyl (C=O) groups is 8. The molecule has 0 bridgehead atoms. The fourth-order valence-corrected chi connectivity index (χ4v) is 8.25. The number of amides is 7. The van der Waals surface area contributed by atoms with Crippen LogP contribution in [0.25, 0.3) is 0 Å². The number of primary amides is 1. The van der Waals surface area contributed by atoms with E-state index >= 15 is 0 Å². The Hall–Kier alpha value is -5.07. The fraction of sp³-hybridized carbons (Fsp3) is 0.703. The number of aromatic nitrogens is 2. The number of nitrogens with zero attached hydrogens (tertiary/aromatic N) is 4. The van der Waals surface area contributed by atoms with Gasteiger partial charge in [0.05, 0.1) is 12.4 Å². The van der Waals surface area contributed by atoms with Crippen LogP contribution in [0.4, 0.5) is 0 Å². The SMILES string of the molecule is CC(C)C[C@H](NC(=O)[C@@H]1CCCN1)C(=O)N[C@@H](Cc1cnc[nH]1)C(=O)N1CCC[C@H]1C(=O)N1CCC[C@H]1C(=O)N[C@@H](CCC(N)=O)C(=O)N1CCC[C@H]1C(=O)O. The highest BCUT2D eigenvalue weighted by molar-refractivity contribution is 5.98. The molecule has 5 rings (SSSR count). The van der Waals surface area contributed by atoms with Gasteiger partial charge in [0.15, 0.2) is 0 Å². The van der Waals surface area contributed by atoms with Crippen molar-refractivity contribution in [3.8, 4) is 0 Å². The molecule has 5 heterocycles. The van der Waals surface area contributed by atoms with Gasteiger partial charge in [-0.05, 0) is 76.7 Å². The van der Waals surface area contributed by atoms with Gasteiger partial charge in [0, 0.05) is 44.4 Å². The summed E-state index contributed by atoms with van der Waals surface area (Å²) in [5, 5.41) is 21.2. The smallest absolute Gasteiger partial charge is 0.326 e. The van der Waals surface area contributed by atoms with Crippen molar-refractivity contribution in [2.45, 2.75) is 133 Å². The number of aliphatic carboxylic acids is 1. The number of carboxylic acids is 1. The summed E-state index contributed by atoms with van der Waals surface area (Å²) in [5.74, 6) is -4.81. The predicted octanol–water partition coefficient (Wildman–Crippen LogP) is -1.47. The van der Waals surface area contributed by atoms with Crippen LogP contribution in [-0.2, 0) is 44.8 Å². The van der Waals surface area contributed by atoms with Gasteiger partial charge in [-0.3, -0.25) is 33.6 Å². The molecule has 56 heavy (non-hydrogen) atoms. The van der Waals surface area contributed by atoms with Crippen LogP contribution in [0.5, 0.6) is 0 Å². The number of H-pyrrole nitrogens is 1. The van der Waals surface area contributed by atoms with Crippen LogP contribution >= 0.6 is 0 Å². The van der Waals surface area contributed by atoms with Crippen molar-refractivity contribution in [3.63, 3.8) is 0 Å². The predicted molar refractivity (Wildman–Crippen MR) is 199 cm³/mol. The number of carbonyl (C=O) groups excluding carboxylic acids is 7. The average Bonchev–Trinajstić information content (AvgIpc) is 4.00. The van der Waals surface area contributed by atoms with Crippen LogP contribution in [0.15, 0.2) is 12.5 Å². The molecule has 4 aliphatic rings. The highest BCUT2D eigenvalue weighted by Gasteiger charge is 2.45. The lowest BCUT2D eigenvalue weighted by molar-refractivity contribution is -0.150. The number of carboxylic acid groups (broad SMARTS) is 1. The number of aromatic amines is 1. The van der Waals surface area contributed by atoms with Crippen molar-refractivity contribution in [1.82, 2.24) is 45.9 Å². The molecule has 4 fully saturated rings. The molecule has 0 radical (unpaired) electrons. The molecule has 0 aromatic carbocycles. The van der Waals surface area contributed by atoms with Gasteiger partial charge in [-0.1, -0.05) is 13.8 Å². The third kappa shape index (κ3) is 10.4. The van der Waals surface area contributed by atoms with Gasteiger partial charge in [-0.25, -0.2) is 9.78 Å². The van der Waals surface area contributed by atoms with E-state index in [0.29, 0.717) is 50.8 Å². The molecule has 19 heteroatoms. The molecule has 8 N–H and O–H groups in total. The first kappa shape index (κ1) is 42.1. The van der Waals surface area contributed by atoms with E-state index in [1.807, 2.05) is 13.8 Å². The molecule has 0 aliphatic carbocycles. The minimum atomic E-state index is -1.23. The summed E-state index contributed by atoms with van der Waals surface area (Å²) in [6, 6.07) is -6.60. The Balaban J connectivity index is 1.30. The van der Waals surface area contributed by atoms with Gasteiger partial charge in [-0.15, -0.1) is 0 Å². The molecule has 0 unspecified atom stereocenters. The maximum Gasteiger partial charge on any atom is 0.326 e. The Labute approximate surface area is 325 Å². The molecule has 4 aliphatic heterocycles. The number of hydrogen-bond donors (Lipinski definition) is 7. The van der Waals surface area contributed by atoms with E-state index in [1.54, 1.807) is 6.20 Å².